The van der Waals surface area contributed by atoms with Gasteiger partial charge in [-0.1, -0.05) is 17.7 Å². The Morgan fingerprint density at radius 3 is 2.86 bits per heavy atom. The zero-order chi connectivity index (χ0) is 14.2. The Kier molecular flexibility index (Phi) is 9.10. The monoisotopic (exact) mass is 421 g/mol. The summed E-state index contributed by atoms with van der Waals surface area (Å²) in [5, 5.41) is 3.14. The van der Waals surface area contributed by atoms with E-state index in [0.717, 1.165) is 31.7 Å². The molecule has 3 N–H and O–H groups in total. The van der Waals surface area contributed by atoms with Gasteiger partial charge < -0.3 is 15.8 Å². The topological polar surface area (TPSA) is 59.6 Å². The van der Waals surface area contributed by atoms with E-state index in [0.29, 0.717) is 12.5 Å². The SMILES string of the molecule is Cc1ccc(SCCNC(N)=NCC2CCCO2)cc1.I. The lowest BCUT2D eigenvalue weighted by Crippen LogP contribution is -2.34. The molecule has 118 valence electrons. The number of nitrogens with one attached hydrogen (secondary N) is 1. The smallest absolute Gasteiger partial charge is 0.188 e. The van der Waals surface area contributed by atoms with Crippen LogP contribution in [0.15, 0.2) is 34.2 Å². The van der Waals surface area contributed by atoms with Crippen molar-refractivity contribution in [1.29, 1.82) is 0 Å². The fourth-order valence-electron chi connectivity index (χ4n) is 2.03. The van der Waals surface area contributed by atoms with Gasteiger partial charge in [0.05, 0.1) is 12.6 Å². The number of aliphatic imine (C=N–C) groups is 1. The molecule has 0 aliphatic carbocycles. The predicted octanol–water partition coefficient (Wildman–Crippen LogP) is 2.79. The van der Waals surface area contributed by atoms with Crippen molar-refractivity contribution < 1.29 is 4.74 Å². The summed E-state index contributed by atoms with van der Waals surface area (Å²) >= 11 is 1.82. The minimum Gasteiger partial charge on any atom is -0.376 e. The van der Waals surface area contributed by atoms with Crippen molar-refractivity contribution in [2.24, 2.45) is 10.7 Å². The first-order valence-electron chi connectivity index (χ1n) is 7.09. The van der Waals surface area contributed by atoms with E-state index in [-0.39, 0.29) is 30.1 Å². The van der Waals surface area contributed by atoms with Gasteiger partial charge in [0.2, 0.25) is 0 Å². The summed E-state index contributed by atoms with van der Waals surface area (Å²) in [6, 6.07) is 8.56. The van der Waals surface area contributed by atoms with Crippen molar-refractivity contribution >= 4 is 41.7 Å². The molecule has 0 radical (unpaired) electrons. The Hall–Kier alpha value is -0.470. The van der Waals surface area contributed by atoms with Crippen molar-refractivity contribution in [2.45, 2.75) is 30.8 Å². The van der Waals surface area contributed by atoms with Crippen LogP contribution in [-0.4, -0.2) is 37.5 Å². The molecule has 1 aromatic rings. The van der Waals surface area contributed by atoms with Crippen LogP contribution in [0.1, 0.15) is 18.4 Å². The van der Waals surface area contributed by atoms with Gasteiger partial charge in [0.15, 0.2) is 5.96 Å². The molecule has 4 nitrogen and oxygen atoms in total. The highest BCUT2D eigenvalue weighted by molar-refractivity contribution is 14.0. The Morgan fingerprint density at radius 2 is 2.19 bits per heavy atom. The van der Waals surface area contributed by atoms with Crippen LogP contribution < -0.4 is 11.1 Å². The summed E-state index contributed by atoms with van der Waals surface area (Å²) in [6.45, 7) is 4.45. The van der Waals surface area contributed by atoms with Crippen LogP contribution in [0.2, 0.25) is 0 Å². The predicted molar refractivity (Wildman–Crippen MR) is 101 cm³/mol. The molecule has 1 saturated heterocycles. The molecule has 1 aliphatic rings. The molecule has 1 aliphatic heterocycles. The Morgan fingerprint density at radius 1 is 1.43 bits per heavy atom. The summed E-state index contributed by atoms with van der Waals surface area (Å²) in [4.78, 5) is 5.60. The normalized spacial score (nSPS) is 18.3. The van der Waals surface area contributed by atoms with Crippen LogP contribution in [0.4, 0.5) is 0 Å². The third-order valence-corrected chi connectivity index (χ3v) is 4.20. The van der Waals surface area contributed by atoms with E-state index < -0.39 is 0 Å². The Labute approximate surface area is 148 Å². The lowest BCUT2D eigenvalue weighted by atomic mass is 10.2. The van der Waals surface area contributed by atoms with Gasteiger partial charge in [-0.2, -0.15) is 0 Å². The highest BCUT2D eigenvalue weighted by atomic mass is 127. The maximum Gasteiger partial charge on any atom is 0.188 e. The van der Waals surface area contributed by atoms with E-state index in [1.807, 2.05) is 11.8 Å². The van der Waals surface area contributed by atoms with Gasteiger partial charge in [0.1, 0.15) is 0 Å². The van der Waals surface area contributed by atoms with Gasteiger partial charge in [-0.25, -0.2) is 0 Å². The standard InChI is InChI=1S/C15H23N3OS.HI/c1-12-4-6-14(7-5-12)20-10-8-17-15(16)18-11-13-3-2-9-19-13;/h4-7,13H,2-3,8-11H2,1H3,(H3,16,17,18);1H. The fourth-order valence-corrected chi connectivity index (χ4v) is 2.80. The molecule has 1 heterocycles. The number of hydrogen-bond donors (Lipinski definition) is 2. The number of hydrogen-bond acceptors (Lipinski definition) is 3. The average Bonchev–Trinajstić information content (AvgIpc) is 2.96. The molecule has 6 heteroatoms. The van der Waals surface area contributed by atoms with Crippen LogP contribution in [0.5, 0.6) is 0 Å². The summed E-state index contributed by atoms with van der Waals surface area (Å²) in [7, 11) is 0. The Bertz CT molecular complexity index is 433. The molecule has 1 atom stereocenters. The van der Waals surface area contributed by atoms with E-state index in [1.54, 1.807) is 0 Å². The van der Waals surface area contributed by atoms with Crippen molar-refractivity contribution in [3.8, 4) is 0 Å². The first-order valence-corrected chi connectivity index (χ1v) is 8.07. The first kappa shape index (κ1) is 18.6. The molecule has 2 rings (SSSR count). The van der Waals surface area contributed by atoms with Crippen LogP contribution in [0.3, 0.4) is 0 Å². The lowest BCUT2D eigenvalue weighted by molar-refractivity contribution is 0.118. The van der Waals surface area contributed by atoms with Crippen molar-refractivity contribution in [2.75, 3.05) is 25.4 Å². The molecular weight excluding hydrogens is 397 g/mol. The highest BCUT2D eigenvalue weighted by Gasteiger charge is 2.14. The largest absolute Gasteiger partial charge is 0.376 e. The molecule has 0 aromatic heterocycles. The summed E-state index contributed by atoms with van der Waals surface area (Å²) < 4.78 is 5.50. The van der Waals surface area contributed by atoms with Gasteiger partial charge in [0, 0.05) is 23.8 Å². The minimum atomic E-state index is 0. The minimum absolute atomic E-state index is 0. The van der Waals surface area contributed by atoms with E-state index >= 15 is 0 Å². The van der Waals surface area contributed by atoms with E-state index in [2.05, 4.69) is 41.5 Å². The van der Waals surface area contributed by atoms with Gasteiger partial charge in [-0.3, -0.25) is 4.99 Å². The summed E-state index contributed by atoms with van der Waals surface area (Å²) in [5.74, 6) is 1.49. The summed E-state index contributed by atoms with van der Waals surface area (Å²) in [5.41, 5.74) is 7.12. The Balaban J connectivity index is 0.00000220. The number of nitrogens with zero attached hydrogens (tertiary/aromatic N) is 1. The second kappa shape index (κ2) is 10.3. The molecule has 21 heavy (non-hydrogen) atoms. The van der Waals surface area contributed by atoms with E-state index in [1.165, 1.54) is 10.5 Å². The second-order valence-corrected chi connectivity index (χ2v) is 6.12. The number of guanidine groups is 1. The number of benzene rings is 1. The number of halogens is 1. The van der Waals surface area contributed by atoms with E-state index in [4.69, 9.17) is 10.5 Å². The zero-order valence-corrected chi connectivity index (χ0v) is 15.5. The molecule has 1 aromatic carbocycles. The molecule has 1 fully saturated rings. The third-order valence-electron chi connectivity index (χ3n) is 3.19. The number of rotatable bonds is 6. The van der Waals surface area contributed by atoms with Crippen molar-refractivity contribution in [3.05, 3.63) is 29.8 Å². The molecule has 0 spiro atoms. The number of ether oxygens (including phenoxy) is 1. The molecule has 0 saturated carbocycles. The third kappa shape index (κ3) is 7.37. The van der Waals surface area contributed by atoms with Crippen LogP contribution in [0, 0.1) is 6.92 Å². The quantitative estimate of drug-likeness (QED) is 0.244. The maximum atomic E-state index is 5.83. The van der Waals surface area contributed by atoms with Crippen molar-refractivity contribution in [3.63, 3.8) is 0 Å². The van der Waals surface area contributed by atoms with Crippen molar-refractivity contribution in [1.82, 2.24) is 5.32 Å². The zero-order valence-electron chi connectivity index (χ0n) is 12.4. The molecule has 1 unspecified atom stereocenters. The number of aryl methyl sites for hydroxylation is 1. The number of nitrogens with two attached hydrogens (primary N) is 1. The van der Waals surface area contributed by atoms with Gasteiger partial charge in [-0.05, 0) is 31.9 Å². The van der Waals surface area contributed by atoms with E-state index in [9.17, 15) is 0 Å². The maximum absolute atomic E-state index is 5.83. The highest BCUT2D eigenvalue weighted by Crippen LogP contribution is 2.17. The fraction of sp³-hybridized carbons (Fsp3) is 0.533. The van der Waals surface area contributed by atoms with Crippen LogP contribution >= 0.6 is 35.7 Å². The molecule has 0 bridgehead atoms. The summed E-state index contributed by atoms with van der Waals surface area (Å²) in [6.07, 6.45) is 2.50. The van der Waals surface area contributed by atoms with Crippen LogP contribution in [0.25, 0.3) is 0 Å². The second-order valence-electron chi connectivity index (χ2n) is 4.95. The molecular formula is C15H24IN3OS. The van der Waals surface area contributed by atoms with Gasteiger partial charge in [0.25, 0.3) is 0 Å². The average molecular weight is 421 g/mol. The number of thioether (sulfide) groups is 1. The van der Waals surface area contributed by atoms with Gasteiger partial charge >= 0.3 is 0 Å². The molecule has 0 amide bonds. The van der Waals surface area contributed by atoms with Crippen LogP contribution in [-0.2, 0) is 4.74 Å². The lowest BCUT2D eigenvalue weighted by Gasteiger charge is -2.08. The first-order chi connectivity index (χ1) is 9.74. The van der Waals surface area contributed by atoms with Gasteiger partial charge in [-0.15, -0.1) is 35.7 Å².